The number of amides is 2. The van der Waals surface area contributed by atoms with Crippen LogP contribution in [0.15, 0.2) is 53.4 Å². The van der Waals surface area contributed by atoms with E-state index < -0.39 is 10.0 Å². The van der Waals surface area contributed by atoms with E-state index in [1.165, 1.54) is 30.3 Å². The molecule has 3 rings (SSSR count). The molecule has 0 saturated heterocycles. The van der Waals surface area contributed by atoms with Gasteiger partial charge in [0.15, 0.2) is 0 Å². The van der Waals surface area contributed by atoms with Gasteiger partial charge in [0.25, 0.3) is 10.0 Å². The first-order valence-corrected chi connectivity index (χ1v) is 10.0. The van der Waals surface area contributed by atoms with Crippen LogP contribution in [0.2, 0.25) is 0 Å². The van der Waals surface area contributed by atoms with E-state index in [1.807, 2.05) is 0 Å². The lowest BCUT2D eigenvalue weighted by Crippen LogP contribution is -2.33. The highest BCUT2D eigenvalue weighted by molar-refractivity contribution is 7.92. The van der Waals surface area contributed by atoms with Crippen LogP contribution >= 0.6 is 0 Å². The zero-order chi connectivity index (χ0) is 19.6. The number of hydrogen-bond acceptors (Lipinski definition) is 4. The van der Waals surface area contributed by atoms with Crippen molar-refractivity contribution >= 4 is 38.9 Å². The average molecular weight is 387 g/mol. The van der Waals surface area contributed by atoms with Crippen molar-refractivity contribution in [2.45, 2.75) is 37.6 Å². The van der Waals surface area contributed by atoms with E-state index in [2.05, 4.69) is 10.6 Å². The lowest BCUT2D eigenvalue weighted by molar-refractivity contribution is -0.115. The summed E-state index contributed by atoms with van der Waals surface area (Å²) in [6, 6.07) is 12.8. The van der Waals surface area contributed by atoms with Crippen molar-refractivity contribution in [3.63, 3.8) is 0 Å². The Morgan fingerprint density at radius 1 is 0.852 bits per heavy atom. The van der Waals surface area contributed by atoms with Gasteiger partial charge in [0.05, 0.1) is 10.6 Å². The summed E-state index contributed by atoms with van der Waals surface area (Å²) in [5.41, 5.74) is 1.70. The van der Waals surface area contributed by atoms with Crippen molar-refractivity contribution in [2.75, 3.05) is 14.9 Å². The summed E-state index contributed by atoms with van der Waals surface area (Å²) < 4.78 is 27.8. The maximum atomic E-state index is 13.2. The molecule has 27 heavy (non-hydrogen) atoms. The van der Waals surface area contributed by atoms with Crippen molar-refractivity contribution < 1.29 is 18.0 Å². The van der Waals surface area contributed by atoms with E-state index in [-0.39, 0.29) is 22.8 Å². The molecular formula is C19H21N3O4S. The van der Waals surface area contributed by atoms with Crippen LogP contribution in [0.4, 0.5) is 17.1 Å². The molecule has 0 bridgehead atoms. The van der Waals surface area contributed by atoms with Crippen LogP contribution in [0.1, 0.15) is 26.7 Å². The summed E-state index contributed by atoms with van der Waals surface area (Å²) in [6.07, 6.45) is 1.60. The van der Waals surface area contributed by atoms with Crippen LogP contribution in [-0.2, 0) is 19.6 Å². The molecule has 0 radical (unpaired) electrons. The number of hydrogen-bond donors (Lipinski definition) is 2. The molecule has 0 aliphatic heterocycles. The van der Waals surface area contributed by atoms with Gasteiger partial charge in [-0.3, -0.25) is 13.9 Å². The van der Waals surface area contributed by atoms with Crippen LogP contribution in [0.5, 0.6) is 0 Å². The van der Waals surface area contributed by atoms with E-state index in [4.69, 9.17) is 0 Å². The van der Waals surface area contributed by atoms with Gasteiger partial charge in [-0.1, -0.05) is 0 Å². The van der Waals surface area contributed by atoms with Crippen molar-refractivity contribution in [2.24, 2.45) is 0 Å². The molecule has 8 heteroatoms. The minimum atomic E-state index is -3.74. The third kappa shape index (κ3) is 4.46. The van der Waals surface area contributed by atoms with Crippen molar-refractivity contribution in [1.82, 2.24) is 0 Å². The van der Waals surface area contributed by atoms with Gasteiger partial charge in [0.1, 0.15) is 0 Å². The zero-order valence-electron chi connectivity index (χ0n) is 15.1. The highest BCUT2D eigenvalue weighted by atomic mass is 32.2. The topological polar surface area (TPSA) is 95.6 Å². The zero-order valence-corrected chi connectivity index (χ0v) is 15.9. The van der Waals surface area contributed by atoms with Crippen LogP contribution in [-0.4, -0.2) is 26.3 Å². The number of anilines is 3. The Hall–Kier alpha value is -2.87. The second kappa shape index (κ2) is 7.40. The number of benzene rings is 2. The molecule has 0 aromatic heterocycles. The van der Waals surface area contributed by atoms with E-state index in [1.54, 1.807) is 36.4 Å². The van der Waals surface area contributed by atoms with Gasteiger partial charge in [-0.2, -0.15) is 0 Å². The average Bonchev–Trinajstić information content (AvgIpc) is 3.41. The largest absolute Gasteiger partial charge is 0.326 e. The summed E-state index contributed by atoms with van der Waals surface area (Å²) in [7, 11) is -3.74. The first-order valence-electron chi connectivity index (χ1n) is 8.57. The van der Waals surface area contributed by atoms with Crippen molar-refractivity contribution in [3.05, 3.63) is 48.5 Å². The number of carbonyl (C=O) groups excluding carboxylic acids is 2. The summed E-state index contributed by atoms with van der Waals surface area (Å²) in [6.45, 7) is 2.81. The first-order chi connectivity index (χ1) is 12.8. The highest BCUT2D eigenvalue weighted by Gasteiger charge is 2.38. The maximum absolute atomic E-state index is 13.2. The van der Waals surface area contributed by atoms with E-state index in [0.717, 1.165) is 12.8 Å². The Morgan fingerprint density at radius 3 is 1.70 bits per heavy atom. The second-order valence-electron chi connectivity index (χ2n) is 6.47. The van der Waals surface area contributed by atoms with Gasteiger partial charge >= 0.3 is 0 Å². The minimum absolute atomic E-state index is 0.0726. The second-order valence-corrected chi connectivity index (χ2v) is 8.28. The van der Waals surface area contributed by atoms with E-state index >= 15 is 0 Å². The molecule has 0 heterocycles. The Bertz CT molecular complexity index is 949. The van der Waals surface area contributed by atoms with Crippen LogP contribution in [0, 0.1) is 0 Å². The lowest BCUT2D eigenvalue weighted by Gasteiger charge is -2.24. The van der Waals surface area contributed by atoms with Crippen LogP contribution < -0.4 is 14.9 Å². The van der Waals surface area contributed by atoms with E-state index in [0.29, 0.717) is 17.1 Å². The van der Waals surface area contributed by atoms with E-state index in [9.17, 15) is 18.0 Å². The third-order valence-electron chi connectivity index (χ3n) is 4.05. The quantitative estimate of drug-likeness (QED) is 0.797. The SMILES string of the molecule is CC(=O)Nc1ccc(N(C2CC2)S(=O)(=O)c2ccc(NC(C)=O)cc2)cc1. The maximum Gasteiger partial charge on any atom is 0.264 e. The molecule has 1 aliphatic rings. The molecule has 7 nitrogen and oxygen atoms in total. The molecule has 1 saturated carbocycles. The molecule has 0 unspecified atom stereocenters. The molecule has 2 aromatic carbocycles. The Balaban J connectivity index is 1.89. The molecule has 2 N–H and O–H groups in total. The number of nitrogens with zero attached hydrogens (tertiary/aromatic N) is 1. The van der Waals surface area contributed by atoms with Crippen molar-refractivity contribution in [3.8, 4) is 0 Å². The van der Waals surface area contributed by atoms with Crippen molar-refractivity contribution in [1.29, 1.82) is 0 Å². The smallest absolute Gasteiger partial charge is 0.264 e. The van der Waals surface area contributed by atoms with Crippen LogP contribution in [0.25, 0.3) is 0 Å². The first kappa shape index (κ1) is 18.9. The molecule has 2 amide bonds. The molecule has 1 fully saturated rings. The molecule has 0 atom stereocenters. The lowest BCUT2D eigenvalue weighted by atomic mass is 10.2. The number of nitrogens with one attached hydrogen (secondary N) is 2. The predicted octanol–water partition coefficient (Wildman–Crippen LogP) is 2.96. The summed E-state index contributed by atoms with van der Waals surface area (Å²) in [5.74, 6) is -0.404. The fourth-order valence-electron chi connectivity index (χ4n) is 2.78. The fourth-order valence-corrected chi connectivity index (χ4v) is 4.49. The number of carbonyl (C=O) groups is 2. The monoisotopic (exact) mass is 387 g/mol. The van der Waals surface area contributed by atoms with Gasteiger partial charge in [0.2, 0.25) is 11.8 Å². The predicted molar refractivity (Wildman–Crippen MR) is 104 cm³/mol. The fraction of sp³-hybridized carbons (Fsp3) is 0.263. The summed E-state index contributed by atoms with van der Waals surface area (Å²) in [4.78, 5) is 22.4. The van der Waals surface area contributed by atoms with Gasteiger partial charge < -0.3 is 10.6 Å². The summed E-state index contributed by atoms with van der Waals surface area (Å²) in [5, 5.41) is 5.29. The van der Waals surface area contributed by atoms with Crippen LogP contribution in [0.3, 0.4) is 0 Å². The Kier molecular flexibility index (Phi) is 5.18. The Labute approximate surface area is 158 Å². The molecule has 1 aliphatic carbocycles. The number of sulfonamides is 1. The highest BCUT2D eigenvalue weighted by Crippen LogP contribution is 2.37. The molecule has 142 valence electrons. The van der Waals surface area contributed by atoms with Gasteiger partial charge in [0, 0.05) is 31.3 Å². The molecule has 0 spiro atoms. The minimum Gasteiger partial charge on any atom is -0.326 e. The van der Waals surface area contributed by atoms with Gasteiger partial charge in [-0.05, 0) is 61.4 Å². The van der Waals surface area contributed by atoms with Gasteiger partial charge in [-0.15, -0.1) is 0 Å². The Morgan fingerprint density at radius 2 is 1.30 bits per heavy atom. The number of rotatable bonds is 6. The molecular weight excluding hydrogens is 366 g/mol. The molecule has 2 aromatic rings. The summed E-state index contributed by atoms with van der Waals surface area (Å²) >= 11 is 0. The third-order valence-corrected chi connectivity index (χ3v) is 5.95. The van der Waals surface area contributed by atoms with Gasteiger partial charge in [-0.25, -0.2) is 8.42 Å². The normalized spacial score (nSPS) is 13.7. The standard InChI is InChI=1S/C19H21N3O4S/c1-13(23)20-15-3-7-17(8-4-15)22(18-9-10-18)27(25,26)19-11-5-16(6-12-19)21-14(2)24/h3-8,11-12,18H,9-10H2,1-2H3,(H,20,23)(H,21,24).